The SMILES string of the molecule is CCN(CC)CCOc1cc([N+](=O)[O-])ccc1Cl. The minimum absolute atomic E-state index is 0.0164. The number of non-ortho nitro benzene ring substituents is 1. The van der Waals surface area contributed by atoms with E-state index in [4.69, 9.17) is 16.3 Å². The zero-order valence-electron chi connectivity index (χ0n) is 10.6. The fraction of sp³-hybridized carbons (Fsp3) is 0.500. The number of benzene rings is 1. The first-order valence-electron chi connectivity index (χ1n) is 5.87. The average molecular weight is 273 g/mol. The van der Waals surface area contributed by atoms with Crippen LogP contribution >= 0.6 is 11.6 Å². The maximum absolute atomic E-state index is 10.6. The van der Waals surface area contributed by atoms with Crippen molar-refractivity contribution in [3.05, 3.63) is 33.3 Å². The lowest BCUT2D eigenvalue weighted by molar-refractivity contribution is -0.384. The molecule has 0 aliphatic heterocycles. The smallest absolute Gasteiger partial charge is 0.273 e. The molecule has 0 spiro atoms. The standard InChI is InChI=1S/C12H17ClN2O3/c1-3-14(4-2)7-8-18-12-9-10(15(16)17)5-6-11(12)13/h5-6,9H,3-4,7-8H2,1-2H3. The fourth-order valence-corrected chi connectivity index (χ4v) is 1.71. The number of ether oxygens (including phenoxy) is 1. The molecule has 1 aromatic carbocycles. The van der Waals surface area contributed by atoms with Crippen LogP contribution in [0.1, 0.15) is 13.8 Å². The molecule has 0 aliphatic carbocycles. The first-order valence-corrected chi connectivity index (χ1v) is 6.25. The molecule has 0 bridgehead atoms. The molecule has 0 amide bonds. The van der Waals surface area contributed by atoms with E-state index >= 15 is 0 Å². The van der Waals surface area contributed by atoms with E-state index in [1.807, 2.05) is 0 Å². The highest BCUT2D eigenvalue weighted by atomic mass is 35.5. The first-order chi connectivity index (χ1) is 8.58. The number of nitro groups is 1. The summed E-state index contributed by atoms with van der Waals surface area (Å²) in [5, 5.41) is 11.0. The van der Waals surface area contributed by atoms with Gasteiger partial charge in [-0.1, -0.05) is 25.4 Å². The second-order valence-electron chi connectivity index (χ2n) is 3.75. The second kappa shape index (κ2) is 7.18. The Morgan fingerprint density at radius 2 is 2.06 bits per heavy atom. The van der Waals surface area contributed by atoms with Crippen molar-refractivity contribution >= 4 is 17.3 Å². The van der Waals surface area contributed by atoms with Crippen molar-refractivity contribution in [1.29, 1.82) is 0 Å². The van der Waals surface area contributed by atoms with Crippen LogP contribution in [0, 0.1) is 10.1 Å². The lowest BCUT2D eigenvalue weighted by atomic mass is 10.3. The Morgan fingerprint density at radius 1 is 1.39 bits per heavy atom. The van der Waals surface area contributed by atoms with Crippen molar-refractivity contribution in [2.24, 2.45) is 0 Å². The molecule has 0 unspecified atom stereocenters. The fourth-order valence-electron chi connectivity index (χ4n) is 1.54. The largest absolute Gasteiger partial charge is 0.490 e. The molecular weight excluding hydrogens is 256 g/mol. The number of rotatable bonds is 7. The molecule has 0 radical (unpaired) electrons. The predicted molar refractivity (Wildman–Crippen MR) is 71.4 cm³/mol. The number of halogens is 1. The highest BCUT2D eigenvalue weighted by Crippen LogP contribution is 2.28. The summed E-state index contributed by atoms with van der Waals surface area (Å²) in [7, 11) is 0. The number of nitrogens with zero attached hydrogens (tertiary/aromatic N) is 2. The van der Waals surface area contributed by atoms with Gasteiger partial charge in [-0.25, -0.2) is 0 Å². The third-order valence-electron chi connectivity index (χ3n) is 2.69. The Bertz CT molecular complexity index is 408. The van der Waals surface area contributed by atoms with Crippen molar-refractivity contribution in [3.63, 3.8) is 0 Å². The van der Waals surface area contributed by atoms with Gasteiger partial charge in [-0.05, 0) is 19.2 Å². The monoisotopic (exact) mass is 272 g/mol. The van der Waals surface area contributed by atoms with Crippen LogP contribution in [0.5, 0.6) is 5.75 Å². The molecule has 100 valence electrons. The Morgan fingerprint density at radius 3 is 2.61 bits per heavy atom. The normalized spacial score (nSPS) is 10.7. The van der Waals surface area contributed by atoms with Crippen LogP contribution in [0.4, 0.5) is 5.69 Å². The van der Waals surface area contributed by atoms with Gasteiger partial charge in [-0.2, -0.15) is 0 Å². The lowest BCUT2D eigenvalue weighted by Crippen LogP contribution is -2.27. The highest BCUT2D eigenvalue weighted by molar-refractivity contribution is 6.32. The zero-order chi connectivity index (χ0) is 13.5. The van der Waals surface area contributed by atoms with Gasteiger partial charge in [-0.3, -0.25) is 10.1 Å². The molecule has 0 aliphatic rings. The maximum Gasteiger partial charge on any atom is 0.273 e. The summed E-state index contributed by atoms with van der Waals surface area (Å²) in [4.78, 5) is 12.4. The topological polar surface area (TPSA) is 55.6 Å². The van der Waals surface area contributed by atoms with E-state index in [1.165, 1.54) is 18.2 Å². The van der Waals surface area contributed by atoms with Gasteiger partial charge in [0.05, 0.1) is 16.0 Å². The van der Waals surface area contributed by atoms with Crippen LogP contribution in [0.3, 0.4) is 0 Å². The summed E-state index contributed by atoms with van der Waals surface area (Å²) in [5.41, 5.74) is -0.0164. The molecule has 0 saturated carbocycles. The molecule has 1 rings (SSSR count). The van der Waals surface area contributed by atoms with E-state index in [1.54, 1.807) is 0 Å². The molecule has 18 heavy (non-hydrogen) atoms. The van der Waals surface area contributed by atoms with Crippen molar-refractivity contribution in [1.82, 2.24) is 4.90 Å². The zero-order valence-corrected chi connectivity index (χ0v) is 11.3. The molecule has 0 aromatic heterocycles. The Balaban J connectivity index is 2.61. The van der Waals surface area contributed by atoms with Gasteiger partial charge >= 0.3 is 0 Å². The summed E-state index contributed by atoms with van der Waals surface area (Å²) in [6, 6.07) is 4.19. The van der Waals surface area contributed by atoms with Crippen LogP contribution in [-0.4, -0.2) is 36.1 Å². The molecule has 0 N–H and O–H groups in total. The second-order valence-corrected chi connectivity index (χ2v) is 4.15. The minimum Gasteiger partial charge on any atom is -0.490 e. The molecular formula is C12H17ClN2O3. The predicted octanol–water partition coefficient (Wildman–Crippen LogP) is 2.97. The van der Waals surface area contributed by atoms with Crippen LogP contribution < -0.4 is 4.74 Å². The van der Waals surface area contributed by atoms with Crippen molar-refractivity contribution in [2.45, 2.75) is 13.8 Å². The summed E-state index contributed by atoms with van der Waals surface area (Å²) in [6.07, 6.45) is 0. The molecule has 0 fully saturated rings. The van der Waals surface area contributed by atoms with Crippen LogP contribution in [0.2, 0.25) is 5.02 Å². The first kappa shape index (κ1) is 14.7. The lowest BCUT2D eigenvalue weighted by Gasteiger charge is -2.18. The summed E-state index contributed by atoms with van der Waals surface area (Å²) in [5.74, 6) is 0.359. The van der Waals surface area contributed by atoms with E-state index in [2.05, 4.69) is 18.7 Å². The number of hydrogen-bond acceptors (Lipinski definition) is 4. The molecule has 0 heterocycles. The van der Waals surface area contributed by atoms with E-state index < -0.39 is 4.92 Å². The van der Waals surface area contributed by atoms with E-state index in [9.17, 15) is 10.1 Å². The molecule has 0 saturated heterocycles. The van der Waals surface area contributed by atoms with Crippen molar-refractivity contribution in [3.8, 4) is 5.75 Å². The minimum atomic E-state index is -0.465. The summed E-state index contributed by atoms with van der Waals surface area (Å²) >= 11 is 5.92. The van der Waals surface area contributed by atoms with Gasteiger partial charge in [0.1, 0.15) is 12.4 Å². The van der Waals surface area contributed by atoms with E-state index in [0.717, 1.165) is 19.6 Å². The maximum atomic E-state index is 10.6. The molecule has 0 atom stereocenters. The van der Waals surface area contributed by atoms with Gasteiger partial charge in [0.15, 0.2) is 0 Å². The van der Waals surface area contributed by atoms with Crippen LogP contribution in [-0.2, 0) is 0 Å². The van der Waals surface area contributed by atoms with E-state index in [0.29, 0.717) is 17.4 Å². The van der Waals surface area contributed by atoms with Gasteiger partial charge in [0.2, 0.25) is 0 Å². The number of nitro benzene ring substituents is 1. The van der Waals surface area contributed by atoms with Crippen LogP contribution in [0.25, 0.3) is 0 Å². The third-order valence-corrected chi connectivity index (χ3v) is 3.00. The van der Waals surface area contributed by atoms with Crippen molar-refractivity contribution in [2.75, 3.05) is 26.2 Å². The number of hydrogen-bond donors (Lipinski definition) is 0. The van der Waals surface area contributed by atoms with Gasteiger partial charge in [0.25, 0.3) is 5.69 Å². The quantitative estimate of drug-likeness (QED) is 0.566. The van der Waals surface area contributed by atoms with Gasteiger partial charge in [-0.15, -0.1) is 0 Å². The Hall–Kier alpha value is -1.33. The Kier molecular flexibility index (Phi) is 5.88. The average Bonchev–Trinajstić information content (AvgIpc) is 2.36. The van der Waals surface area contributed by atoms with E-state index in [-0.39, 0.29) is 5.69 Å². The Labute approximate surface area is 111 Å². The third kappa shape index (κ3) is 4.16. The highest BCUT2D eigenvalue weighted by Gasteiger charge is 2.10. The molecule has 1 aromatic rings. The van der Waals surface area contributed by atoms with Crippen LogP contribution in [0.15, 0.2) is 18.2 Å². The molecule has 5 nitrogen and oxygen atoms in total. The van der Waals surface area contributed by atoms with Gasteiger partial charge in [0, 0.05) is 12.6 Å². The van der Waals surface area contributed by atoms with Gasteiger partial charge < -0.3 is 9.64 Å². The number of likely N-dealkylation sites (N-methyl/N-ethyl adjacent to an activating group) is 1. The summed E-state index contributed by atoms with van der Waals surface area (Å²) in [6.45, 7) is 7.27. The van der Waals surface area contributed by atoms with Crippen molar-refractivity contribution < 1.29 is 9.66 Å². The molecule has 6 heteroatoms. The summed E-state index contributed by atoms with van der Waals surface area (Å²) < 4.78 is 5.48.